The monoisotopic (exact) mass is 139 g/mol. The van der Waals surface area contributed by atoms with Gasteiger partial charge in [0.25, 0.3) is 0 Å². The molecule has 2 heterocycles. The van der Waals surface area contributed by atoms with Gasteiger partial charge in [0.2, 0.25) is 6.29 Å². The predicted molar refractivity (Wildman–Crippen MR) is 37.1 cm³/mol. The fraction of sp³-hybridized carbons (Fsp3) is 0.857. The number of fused-ring (bicyclic) bond motifs is 1. The lowest BCUT2D eigenvalue weighted by atomic mass is 10.0. The quantitative estimate of drug-likeness (QED) is 0.509. The molecule has 2 rings (SSSR count). The van der Waals surface area contributed by atoms with Crippen LogP contribution in [0.2, 0.25) is 0 Å². The molecule has 55 valence electrons. The van der Waals surface area contributed by atoms with Crippen LogP contribution in [0.3, 0.4) is 0 Å². The van der Waals surface area contributed by atoms with E-state index in [0.717, 1.165) is 13.0 Å². The fourth-order valence-electron chi connectivity index (χ4n) is 1.88. The van der Waals surface area contributed by atoms with E-state index in [1.807, 2.05) is 6.29 Å². The highest BCUT2D eigenvalue weighted by Gasteiger charge is 2.36. The average molecular weight is 139 g/mol. The summed E-state index contributed by atoms with van der Waals surface area (Å²) in [7, 11) is 0. The molecule has 3 heteroatoms. The number of hydrogen-bond donors (Lipinski definition) is 2. The van der Waals surface area contributed by atoms with Crippen molar-refractivity contribution in [3.05, 3.63) is 0 Å². The summed E-state index contributed by atoms with van der Waals surface area (Å²) in [4.78, 5) is 10.2. The summed E-state index contributed by atoms with van der Waals surface area (Å²) in [6.45, 7) is 1.09. The van der Waals surface area contributed by atoms with E-state index in [4.69, 9.17) is 0 Å². The molecule has 0 aromatic heterocycles. The van der Waals surface area contributed by atoms with E-state index >= 15 is 0 Å². The van der Waals surface area contributed by atoms with Gasteiger partial charge in [-0.25, -0.2) is 0 Å². The molecule has 0 bridgehead atoms. The van der Waals surface area contributed by atoms with Crippen molar-refractivity contribution in [1.29, 1.82) is 0 Å². The minimum absolute atomic E-state index is 0.0113. The van der Waals surface area contributed by atoms with E-state index in [2.05, 4.69) is 10.6 Å². The molecule has 3 unspecified atom stereocenters. The highest BCUT2D eigenvalue weighted by molar-refractivity contribution is 5.59. The second-order valence-corrected chi connectivity index (χ2v) is 3.05. The van der Waals surface area contributed by atoms with Gasteiger partial charge in [0.1, 0.15) is 0 Å². The number of hydrogen-bond acceptors (Lipinski definition) is 3. The summed E-state index contributed by atoms with van der Waals surface area (Å²) in [5, 5.41) is 6.46. The van der Waals surface area contributed by atoms with Gasteiger partial charge in [0.15, 0.2) is 0 Å². The molecule has 10 heavy (non-hydrogen) atoms. The zero-order valence-electron chi connectivity index (χ0n) is 5.76. The van der Waals surface area contributed by atoms with Crippen LogP contribution in [-0.2, 0) is 4.79 Å². The Morgan fingerprint density at radius 3 is 3.10 bits per heavy atom. The van der Waals surface area contributed by atoms with Crippen molar-refractivity contribution < 1.29 is 4.79 Å². The lowest BCUT2D eigenvalue weighted by Crippen LogP contribution is -2.39. The van der Waals surface area contributed by atoms with E-state index in [9.17, 15) is 4.79 Å². The first-order valence-corrected chi connectivity index (χ1v) is 3.77. The van der Waals surface area contributed by atoms with Crippen molar-refractivity contribution >= 4 is 6.29 Å². The Morgan fingerprint density at radius 1 is 1.50 bits per heavy atom. The van der Waals surface area contributed by atoms with Gasteiger partial charge < -0.3 is 5.32 Å². The van der Waals surface area contributed by atoms with Crippen molar-refractivity contribution in [2.45, 2.75) is 25.0 Å². The Morgan fingerprint density at radius 2 is 2.40 bits per heavy atom. The SMILES string of the molecule is O=[C]C1CC2CCNC2N1. The van der Waals surface area contributed by atoms with Crippen LogP contribution in [0.25, 0.3) is 0 Å². The largest absolute Gasteiger partial charge is 0.302 e. The van der Waals surface area contributed by atoms with Gasteiger partial charge >= 0.3 is 0 Å². The standard InChI is InChI=1S/C7H11N2O/c10-4-6-3-5-1-2-8-7(5)9-6/h5-9H,1-3H2. The Hall–Kier alpha value is -0.410. The molecule has 3 atom stereocenters. The summed E-state index contributed by atoms with van der Waals surface area (Å²) in [5.74, 6) is 0.673. The summed E-state index contributed by atoms with van der Waals surface area (Å²) in [6, 6.07) is -0.0113. The molecule has 2 N–H and O–H groups in total. The lowest BCUT2D eigenvalue weighted by molar-refractivity contribution is 0.481. The molecule has 2 aliphatic rings. The van der Waals surface area contributed by atoms with E-state index in [-0.39, 0.29) is 6.04 Å². The normalized spacial score (nSPS) is 45.4. The van der Waals surface area contributed by atoms with Crippen molar-refractivity contribution in [2.24, 2.45) is 5.92 Å². The van der Waals surface area contributed by atoms with Crippen molar-refractivity contribution in [2.75, 3.05) is 6.54 Å². The molecule has 2 aliphatic heterocycles. The third-order valence-corrected chi connectivity index (χ3v) is 2.41. The maximum atomic E-state index is 10.2. The van der Waals surface area contributed by atoms with Crippen LogP contribution < -0.4 is 10.6 Å². The van der Waals surface area contributed by atoms with Crippen LogP contribution in [0.15, 0.2) is 0 Å². The highest BCUT2D eigenvalue weighted by Crippen LogP contribution is 2.24. The summed E-state index contributed by atoms with van der Waals surface area (Å²) < 4.78 is 0. The topological polar surface area (TPSA) is 41.1 Å². The number of rotatable bonds is 1. The molecule has 0 spiro atoms. The zero-order chi connectivity index (χ0) is 6.97. The van der Waals surface area contributed by atoms with Crippen LogP contribution in [0.1, 0.15) is 12.8 Å². The van der Waals surface area contributed by atoms with E-state index in [1.165, 1.54) is 6.42 Å². The number of carbonyl (C=O) groups excluding carboxylic acids is 1. The van der Waals surface area contributed by atoms with Crippen molar-refractivity contribution in [3.63, 3.8) is 0 Å². The predicted octanol–water partition coefficient (Wildman–Crippen LogP) is -0.606. The van der Waals surface area contributed by atoms with E-state index in [0.29, 0.717) is 12.1 Å². The lowest BCUT2D eigenvalue weighted by Gasteiger charge is -2.07. The molecule has 0 aromatic rings. The Kier molecular flexibility index (Phi) is 1.47. The third kappa shape index (κ3) is 0.859. The molecule has 0 aromatic carbocycles. The molecule has 0 aliphatic carbocycles. The first-order chi connectivity index (χ1) is 4.90. The molecule has 0 saturated carbocycles. The van der Waals surface area contributed by atoms with Gasteiger partial charge in [-0.1, -0.05) is 0 Å². The minimum atomic E-state index is -0.0113. The minimum Gasteiger partial charge on any atom is -0.302 e. The van der Waals surface area contributed by atoms with Crippen molar-refractivity contribution in [1.82, 2.24) is 10.6 Å². The first-order valence-electron chi connectivity index (χ1n) is 3.77. The van der Waals surface area contributed by atoms with Crippen LogP contribution >= 0.6 is 0 Å². The van der Waals surface area contributed by atoms with Gasteiger partial charge in [-0.15, -0.1) is 0 Å². The van der Waals surface area contributed by atoms with Crippen molar-refractivity contribution in [3.8, 4) is 0 Å². The summed E-state index contributed by atoms with van der Waals surface area (Å²) in [6.07, 6.45) is 4.56. The maximum absolute atomic E-state index is 10.2. The van der Waals surface area contributed by atoms with Gasteiger partial charge in [0, 0.05) is 0 Å². The van der Waals surface area contributed by atoms with E-state index < -0.39 is 0 Å². The van der Waals surface area contributed by atoms with Crippen LogP contribution in [-0.4, -0.2) is 25.0 Å². The highest BCUT2D eigenvalue weighted by atomic mass is 16.1. The molecule has 3 nitrogen and oxygen atoms in total. The summed E-state index contributed by atoms with van der Waals surface area (Å²) >= 11 is 0. The van der Waals surface area contributed by atoms with Crippen LogP contribution in [0.5, 0.6) is 0 Å². The molecular formula is C7H11N2O. The maximum Gasteiger partial charge on any atom is 0.216 e. The molecule has 1 radical (unpaired) electrons. The van der Waals surface area contributed by atoms with Gasteiger partial charge in [-0.05, 0) is 25.3 Å². The summed E-state index contributed by atoms with van der Waals surface area (Å²) in [5.41, 5.74) is 0. The zero-order valence-corrected chi connectivity index (χ0v) is 5.76. The fourth-order valence-corrected chi connectivity index (χ4v) is 1.88. The average Bonchev–Trinajstić information content (AvgIpc) is 2.42. The van der Waals surface area contributed by atoms with Crippen LogP contribution in [0, 0.1) is 5.92 Å². The van der Waals surface area contributed by atoms with Gasteiger partial charge in [0.05, 0.1) is 12.2 Å². The molecular weight excluding hydrogens is 128 g/mol. The third-order valence-electron chi connectivity index (χ3n) is 2.41. The molecule has 2 saturated heterocycles. The van der Waals surface area contributed by atoms with Crippen LogP contribution in [0.4, 0.5) is 0 Å². The Bertz CT molecular complexity index is 137. The second-order valence-electron chi connectivity index (χ2n) is 3.05. The van der Waals surface area contributed by atoms with Gasteiger partial charge in [-0.3, -0.25) is 10.1 Å². The van der Waals surface area contributed by atoms with E-state index in [1.54, 1.807) is 0 Å². The van der Waals surface area contributed by atoms with Gasteiger partial charge in [-0.2, -0.15) is 0 Å². The Labute approximate surface area is 60.2 Å². The number of nitrogens with one attached hydrogen (secondary N) is 2. The first kappa shape index (κ1) is 6.31. The smallest absolute Gasteiger partial charge is 0.216 e. The Balaban J connectivity index is 1.99. The molecule has 2 fully saturated rings. The second kappa shape index (κ2) is 2.32. The molecule has 0 amide bonds.